The predicted molar refractivity (Wildman–Crippen MR) is 104 cm³/mol. The fourth-order valence-electron chi connectivity index (χ4n) is 3.15. The summed E-state index contributed by atoms with van der Waals surface area (Å²) in [6.07, 6.45) is 2.78. The first-order valence-corrected chi connectivity index (χ1v) is 9.34. The number of rotatable bonds is 6. The van der Waals surface area contributed by atoms with Gasteiger partial charge in [-0.1, -0.05) is 37.3 Å². The van der Waals surface area contributed by atoms with E-state index in [-0.39, 0.29) is 11.9 Å². The number of carbonyl (C=O) groups is 1. The first kappa shape index (κ1) is 18.3. The van der Waals surface area contributed by atoms with Crippen molar-refractivity contribution in [2.75, 3.05) is 37.6 Å². The van der Waals surface area contributed by atoms with E-state index in [9.17, 15) is 4.79 Å². The summed E-state index contributed by atoms with van der Waals surface area (Å²) in [5.41, 5.74) is 1.02. The average Bonchev–Trinajstić information content (AvgIpc) is 2.72. The topological polar surface area (TPSA) is 61.4 Å². The lowest BCUT2D eigenvalue weighted by Gasteiger charge is -2.38. The summed E-state index contributed by atoms with van der Waals surface area (Å²) < 4.78 is 0. The van der Waals surface area contributed by atoms with Crippen LogP contribution in [0.2, 0.25) is 0 Å². The summed E-state index contributed by atoms with van der Waals surface area (Å²) in [5, 5.41) is 2.98. The van der Waals surface area contributed by atoms with Crippen LogP contribution in [0.1, 0.15) is 20.3 Å². The number of amides is 1. The van der Waals surface area contributed by atoms with E-state index in [1.807, 2.05) is 49.5 Å². The third-order valence-electron chi connectivity index (χ3n) is 4.79. The van der Waals surface area contributed by atoms with Crippen LogP contribution < -0.4 is 10.2 Å². The van der Waals surface area contributed by atoms with Crippen molar-refractivity contribution in [3.05, 3.63) is 42.6 Å². The number of aromatic nitrogens is 2. The second kappa shape index (κ2) is 8.76. The van der Waals surface area contributed by atoms with Crippen molar-refractivity contribution in [2.45, 2.75) is 26.3 Å². The van der Waals surface area contributed by atoms with Crippen molar-refractivity contribution >= 4 is 11.7 Å². The highest BCUT2D eigenvalue weighted by atomic mass is 16.2. The second-order valence-electron chi connectivity index (χ2n) is 6.59. The summed E-state index contributed by atoms with van der Waals surface area (Å²) in [6, 6.07) is 11.9. The molecule has 1 atom stereocenters. The van der Waals surface area contributed by atoms with Gasteiger partial charge in [0.25, 0.3) is 0 Å². The highest BCUT2D eigenvalue weighted by molar-refractivity contribution is 5.81. The van der Waals surface area contributed by atoms with Gasteiger partial charge < -0.3 is 10.2 Å². The van der Waals surface area contributed by atoms with Gasteiger partial charge in [-0.25, -0.2) is 9.97 Å². The Morgan fingerprint density at radius 2 is 1.88 bits per heavy atom. The Kier molecular flexibility index (Phi) is 6.17. The number of hydrogen-bond acceptors (Lipinski definition) is 5. The summed E-state index contributed by atoms with van der Waals surface area (Å²) in [4.78, 5) is 25.8. The molecule has 138 valence electrons. The van der Waals surface area contributed by atoms with Crippen LogP contribution >= 0.6 is 0 Å². The van der Waals surface area contributed by atoms with Crippen molar-refractivity contribution in [3.63, 3.8) is 0 Å². The molecule has 2 aromatic rings. The van der Waals surface area contributed by atoms with Gasteiger partial charge in [-0.2, -0.15) is 0 Å². The maximum atomic E-state index is 12.2. The molecule has 0 saturated carbocycles. The van der Waals surface area contributed by atoms with Crippen molar-refractivity contribution in [1.82, 2.24) is 20.2 Å². The Hall–Kier alpha value is -2.47. The van der Waals surface area contributed by atoms with Gasteiger partial charge in [0.1, 0.15) is 5.82 Å². The van der Waals surface area contributed by atoms with Crippen LogP contribution in [-0.4, -0.2) is 59.5 Å². The van der Waals surface area contributed by atoms with Gasteiger partial charge in [-0.3, -0.25) is 9.69 Å². The zero-order valence-corrected chi connectivity index (χ0v) is 15.6. The number of carbonyl (C=O) groups excluding carboxylic acids is 1. The fourth-order valence-corrected chi connectivity index (χ4v) is 3.15. The molecule has 6 heteroatoms. The van der Waals surface area contributed by atoms with E-state index in [0.29, 0.717) is 0 Å². The summed E-state index contributed by atoms with van der Waals surface area (Å²) in [7, 11) is 0. The van der Waals surface area contributed by atoms with Crippen molar-refractivity contribution < 1.29 is 4.79 Å². The zero-order valence-electron chi connectivity index (χ0n) is 15.6. The van der Waals surface area contributed by atoms with Crippen LogP contribution in [0.5, 0.6) is 0 Å². The molecule has 0 spiro atoms. The van der Waals surface area contributed by atoms with E-state index in [4.69, 9.17) is 4.98 Å². The third-order valence-corrected chi connectivity index (χ3v) is 4.79. The van der Waals surface area contributed by atoms with Crippen LogP contribution in [0.4, 0.5) is 5.82 Å². The minimum absolute atomic E-state index is 0.0889. The van der Waals surface area contributed by atoms with Crippen LogP contribution in [-0.2, 0) is 4.79 Å². The van der Waals surface area contributed by atoms with Crippen LogP contribution in [0, 0.1) is 0 Å². The molecule has 26 heavy (non-hydrogen) atoms. The van der Waals surface area contributed by atoms with Crippen molar-refractivity contribution in [1.29, 1.82) is 0 Å². The molecule has 0 aliphatic carbocycles. The molecule has 2 heterocycles. The maximum Gasteiger partial charge on any atom is 0.237 e. The Morgan fingerprint density at radius 1 is 1.15 bits per heavy atom. The van der Waals surface area contributed by atoms with Gasteiger partial charge in [0, 0.05) is 44.5 Å². The van der Waals surface area contributed by atoms with E-state index in [2.05, 4.69) is 27.0 Å². The molecule has 1 amide bonds. The van der Waals surface area contributed by atoms with Gasteiger partial charge in [0.2, 0.25) is 5.91 Å². The summed E-state index contributed by atoms with van der Waals surface area (Å²) >= 11 is 0. The second-order valence-corrected chi connectivity index (χ2v) is 6.59. The molecule has 1 N–H and O–H groups in total. The lowest BCUT2D eigenvalue weighted by molar-refractivity contribution is -0.126. The molecule has 1 aliphatic rings. The number of anilines is 1. The lowest BCUT2D eigenvalue weighted by Crippen LogP contribution is -2.54. The number of nitrogens with zero attached hydrogens (tertiary/aromatic N) is 4. The average molecular weight is 353 g/mol. The standard InChI is InChI=1S/C20H27N5O/c1-3-10-22-20(26)16(2)24-12-14-25(15-13-24)18-9-11-21-19(23-18)17-7-5-4-6-8-17/h4-9,11,16H,3,10,12-15H2,1-2H3,(H,22,26)/t16-/m1/s1. The summed E-state index contributed by atoms with van der Waals surface area (Å²) in [6.45, 7) is 8.21. The van der Waals surface area contributed by atoms with Crippen LogP contribution in [0.25, 0.3) is 11.4 Å². The third kappa shape index (κ3) is 4.38. The predicted octanol–water partition coefficient (Wildman–Crippen LogP) is 2.18. The monoisotopic (exact) mass is 353 g/mol. The molecule has 1 aromatic carbocycles. The van der Waals surface area contributed by atoms with Crippen molar-refractivity contribution in [3.8, 4) is 11.4 Å². The molecular formula is C20H27N5O. The number of benzene rings is 1. The van der Waals surface area contributed by atoms with Gasteiger partial charge in [0.15, 0.2) is 5.82 Å². The quantitative estimate of drug-likeness (QED) is 0.862. The van der Waals surface area contributed by atoms with Crippen LogP contribution in [0.3, 0.4) is 0 Å². The maximum absolute atomic E-state index is 12.2. The Morgan fingerprint density at radius 3 is 2.58 bits per heavy atom. The smallest absolute Gasteiger partial charge is 0.237 e. The minimum atomic E-state index is -0.0889. The number of hydrogen-bond donors (Lipinski definition) is 1. The van der Waals surface area contributed by atoms with E-state index in [1.165, 1.54) is 0 Å². The van der Waals surface area contributed by atoms with Gasteiger partial charge in [-0.05, 0) is 19.4 Å². The molecular weight excluding hydrogens is 326 g/mol. The normalized spacial score (nSPS) is 16.3. The van der Waals surface area contributed by atoms with Crippen LogP contribution in [0.15, 0.2) is 42.6 Å². The molecule has 0 bridgehead atoms. The zero-order chi connectivity index (χ0) is 18.4. The largest absolute Gasteiger partial charge is 0.355 e. The molecule has 3 rings (SSSR count). The molecule has 1 aromatic heterocycles. The minimum Gasteiger partial charge on any atom is -0.355 e. The first-order chi connectivity index (χ1) is 12.7. The number of nitrogens with one attached hydrogen (secondary N) is 1. The SMILES string of the molecule is CCCNC(=O)[C@@H](C)N1CCN(c2ccnc(-c3ccccc3)n2)CC1. The lowest BCUT2D eigenvalue weighted by atomic mass is 10.2. The van der Waals surface area contributed by atoms with E-state index in [0.717, 1.165) is 56.4 Å². The molecule has 0 radical (unpaired) electrons. The van der Waals surface area contributed by atoms with E-state index >= 15 is 0 Å². The first-order valence-electron chi connectivity index (χ1n) is 9.34. The molecule has 1 aliphatic heterocycles. The number of piperazine rings is 1. The van der Waals surface area contributed by atoms with Crippen molar-refractivity contribution in [2.24, 2.45) is 0 Å². The molecule has 6 nitrogen and oxygen atoms in total. The Balaban J connectivity index is 1.61. The Labute approximate surface area is 155 Å². The van der Waals surface area contributed by atoms with Gasteiger partial charge in [0.05, 0.1) is 6.04 Å². The van der Waals surface area contributed by atoms with Gasteiger partial charge >= 0.3 is 0 Å². The Bertz CT molecular complexity index is 713. The fraction of sp³-hybridized carbons (Fsp3) is 0.450. The highest BCUT2D eigenvalue weighted by Crippen LogP contribution is 2.19. The van der Waals surface area contributed by atoms with E-state index < -0.39 is 0 Å². The molecule has 1 saturated heterocycles. The van der Waals surface area contributed by atoms with E-state index in [1.54, 1.807) is 0 Å². The highest BCUT2D eigenvalue weighted by Gasteiger charge is 2.25. The summed E-state index contributed by atoms with van der Waals surface area (Å²) in [5.74, 6) is 1.81. The molecule has 0 unspecified atom stereocenters. The molecule has 1 fully saturated rings. The van der Waals surface area contributed by atoms with Gasteiger partial charge in [-0.15, -0.1) is 0 Å².